The molecule has 0 radical (unpaired) electrons. The molecule has 0 aromatic heterocycles. The van der Waals surface area contributed by atoms with E-state index in [4.69, 9.17) is 6.15 Å². The van der Waals surface area contributed by atoms with Crippen molar-refractivity contribution in [1.29, 1.82) is 0 Å². The Labute approximate surface area is 39.0 Å². The second kappa shape index (κ2) is 1.58. The fourth-order valence-corrected chi connectivity index (χ4v) is 0.384. The number of ether oxygens (including phenoxy) is 1. The number of nitrogens with one attached hydrogen (secondary N) is 1. The molecule has 1 saturated heterocycles. The first kappa shape index (κ1) is 2.99. The van der Waals surface area contributed by atoms with Crippen molar-refractivity contribution >= 4 is 0 Å². The minimum Gasteiger partial charge on any atom is -0.379 e. The summed E-state index contributed by atoms with van der Waals surface area (Å²) in [6.07, 6.45) is 0.331. The second-order valence-corrected chi connectivity index (χ2v) is 1.45. The monoisotopic (exact) mass is 88.1 g/mol. The van der Waals surface area contributed by atoms with Crippen LogP contribution in [-0.2, 0) is 4.74 Å². The first-order valence-electron chi connectivity index (χ1n) is 2.54. The van der Waals surface area contributed by atoms with Crippen molar-refractivity contribution in [3.63, 3.8) is 0 Å². The van der Waals surface area contributed by atoms with Crippen LogP contribution in [0.3, 0.4) is 0 Å². The van der Waals surface area contributed by atoms with Crippen LogP contribution in [0.1, 0.15) is 0 Å². The summed E-state index contributed by atoms with van der Waals surface area (Å²) in [6, 6.07) is 0. The lowest BCUT2D eigenvalue weighted by molar-refractivity contribution is 0.0600. The molecule has 1 rings (SSSR count). The highest BCUT2D eigenvalue weighted by molar-refractivity contribution is 4.73. The summed E-state index contributed by atoms with van der Waals surface area (Å²) in [4.78, 5) is 0. The third-order valence-corrected chi connectivity index (χ3v) is 0.999. The Morgan fingerprint density at radius 1 is 2.00 bits per heavy atom. The van der Waals surface area contributed by atoms with E-state index in [9.17, 15) is 0 Å². The van der Waals surface area contributed by atoms with Crippen LogP contribution in [0.2, 0.25) is 1.41 Å². The van der Waals surface area contributed by atoms with Crippen LogP contribution in [0.5, 0.6) is 0 Å². The Bertz CT molecular complexity index is 62.7. The van der Waals surface area contributed by atoms with Gasteiger partial charge in [0.05, 0.1) is 6.10 Å². The van der Waals surface area contributed by atoms with Crippen LogP contribution in [-0.4, -0.2) is 26.3 Å². The predicted molar refractivity (Wildman–Crippen MR) is 23.7 cm³/mol. The summed E-state index contributed by atoms with van der Waals surface area (Å²) < 4.78 is 11.8. The van der Waals surface area contributed by atoms with Crippen LogP contribution >= 0.6 is 0 Å². The minimum atomic E-state index is 0.331. The molecule has 1 N–H and O–H groups in total. The van der Waals surface area contributed by atoms with Crippen LogP contribution < -0.4 is 5.31 Å². The predicted octanol–water partition coefficient (Wildman–Crippen LogP) is -0.395. The average molecular weight is 88.1 g/mol. The quantitative estimate of drug-likeness (QED) is 0.471. The van der Waals surface area contributed by atoms with E-state index in [2.05, 4.69) is 0 Å². The molecule has 2 heteroatoms. The first-order valence-corrected chi connectivity index (χ1v) is 2.09. The topological polar surface area (TPSA) is 21.3 Å². The molecular formula is C4H9NO. The fourth-order valence-electron chi connectivity index (χ4n) is 0.384. The van der Waals surface area contributed by atoms with Crippen LogP contribution in [0, 0.1) is 0 Å². The summed E-state index contributed by atoms with van der Waals surface area (Å²) in [7, 11) is 1.68. The highest BCUT2D eigenvalue weighted by atomic mass is 16.5. The van der Waals surface area contributed by atoms with Crippen molar-refractivity contribution in [3.05, 3.63) is 0 Å². The average Bonchev–Trinajstić information content (AvgIpc) is 1.58. The normalized spacial score (nSPS) is 29.2. The maximum atomic E-state index is 6.90. The van der Waals surface area contributed by atoms with E-state index < -0.39 is 0 Å². The molecule has 1 heterocycles. The number of hydrogen-bond donors (Lipinski definition) is 1. The van der Waals surface area contributed by atoms with E-state index in [0.717, 1.165) is 13.1 Å². The van der Waals surface area contributed by atoms with Gasteiger partial charge in [-0.2, -0.15) is 0 Å². The molecule has 0 unspecified atom stereocenters. The zero-order valence-electron chi connectivity index (χ0n) is 4.85. The van der Waals surface area contributed by atoms with Crippen molar-refractivity contribution in [3.8, 4) is 0 Å². The molecule has 2 nitrogen and oxygen atoms in total. The van der Waals surface area contributed by atoms with Gasteiger partial charge in [-0.15, -0.1) is 0 Å². The molecule has 0 bridgehead atoms. The molecule has 1 aliphatic rings. The van der Waals surface area contributed by atoms with Crippen molar-refractivity contribution in [2.75, 3.05) is 20.2 Å². The molecule has 0 saturated carbocycles. The molecule has 0 amide bonds. The number of methoxy groups -OCH3 is 1. The smallest absolute Gasteiger partial charge is 0.122 e. The van der Waals surface area contributed by atoms with E-state index in [1.807, 2.05) is 0 Å². The van der Waals surface area contributed by atoms with Gasteiger partial charge in [-0.05, 0) is 0 Å². The largest absolute Gasteiger partial charge is 0.379 e. The van der Waals surface area contributed by atoms with E-state index in [0.29, 0.717) is 6.10 Å². The molecule has 0 aromatic carbocycles. The molecule has 36 valence electrons. The molecule has 0 atom stereocenters. The lowest BCUT2D eigenvalue weighted by Crippen LogP contribution is -2.47. The van der Waals surface area contributed by atoms with Gasteiger partial charge in [-0.25, -0.2) is 0 Å². The van der Waals surface area contributed by atoms with Crippen molar-refractivity contribution in [2.45, 2.75) is 6.10 Å². The van der Waals surface area contributed by atoms with Crippen molar-refractivity contribution in [1.82, 2.24) is 5.31 Å². The van der Waals surface area contributed by atoms with E-state index >= 15 is 0 Å². The molecular weight excluding hydrogens is 78.0 g/mol. The summed E-state index contributed by atoms with van der Waals surface area (Å²) in [5.74, 6) is 0. The molecule has 0 spiro atoms. The Kier molecular flexibility index (Phi) is 0.787. The molecule has 0 aliphatic carbocycles. The highest BCUT2D eigenvalue weighted by Gasteiger charge is 2.13. The molecule has 0 aromatic rings. The van der Waals surface area contributed by atoms with Gasteiger partial charge in [0, 0.05) is 20.2 Å². The Morgan fingerprint density at radius 2 is 2.67 bits per heavy atom. The van der Waals surface area contributed by atoms with Crippen LogP contribution in [0.4, 0.5) is 0 Å². The van der Waals surface area contributed by atoms with Crippen LogP contribution in [0.15, 0.2) is 0 Å². The van der Waals surface area contributed by atoms with Gasteiger partial charge < -0.3 is 10.0 Å². The van der Waals surface area contributed by atoms with Gasteiger partial charge in [0.15, 0.2) is 0 Å². The van der Waals surface area contributed by atoms with E-state index in [-0.39, 0.29) is 0 Å². The zero-order chi connectivity index (χ0) is 5.28. The van der Waals surface area contributed by atoms with Gasteiger partial charge in [0.2, 0.25) is 0 Å². The van der Waals surface area contributed by atoms with Gasteiger partial charge in [0.1, 0.15) is 1.41 Å². The Hall–Kier alpha value is -0.0800. The van der Waals surface area contributed by atoms with E-state index in [1.54, 1.807) is 7.11 Å². The summed E-state index contributed by atoms with van der Waals surface area (Å²) in [5, 5.41) is 1.48. The van der Waals surface area contributed by atoms with Crippen molar-refractivity contribution in [2.24, 2.45) is 0 Å². The molecule has 1 fully saturated rings. The summed E-state index contributed by atoms with van der Waals surface area (Å²) >= 11 is 0. The van der Waals surface area contributed by atoms with Crippen LogP contribution in [0.25, 0.3) is 0 Å². The Balaban J connectivity index is 2.06. The molecule has 1 aliphatic heterocycles. The third-order valence-electron chi connectivity index (χ3n) is 0.999. The Morgan fingerprint density at radius 3 is 2.83 bits per heavy atom. The lowest BCUT2D eigenvalue weighted by Gasteiger charge is -2.24. The van der Waals surface area contributed by atoms with Gasteiger partial charge in [0.25, 0.3) is 0 Å². The zero-order valence-corrected chi connectivity index (χ0v) is 3.85. The summed E-state index contributed by atoms with van der Waals surface area (Å²) in [5.41, 5.74) is 0. The lowest BCUT2D eigenvalue weighted by atomic mass is 10.2. The third kappa shape index (κ3) is 0.533. The fraction of sp³-hybridized carbons (Fsp3) is 1.00. The van der Waals surface area contributed by atoms with Gasteiger partial charge >= 0.3 is 0 Å². The molecule has 6 heavy (non-hydrogen) atoms. The van der Waals surface area contributed by atoms with Crippen molar-refractivity contribution < 1.29 is 6.15 Å². The maximum absolute atomic E-state index is 6.90. The maximum Gasteiger partial charge on any atom is 0.122 e. The standard InChI is InChI=1S/C4H9NO/c1-6-4-2-5-3-4/h4-5H,2-3H2,1H3/i/hD. The SMILES string of the molecule is [2H]N1CC(OC)C1. The minimum absolute atomic E-state index is 0.331. The first-order chi connectivity index (χ1) is 3.33. The summed E-state index contributed by atoms with van der Waals surface area (Å²) in [6.45, 7) is 1.55. The number of rotatable bonds is 1. The van der Waals surface area contributed by atoms with Gasteiger partial charge in [-0.1, -0.05) is 0 Å². The highest BCUT2D eigenvalue weighted by Crippen LogP contribution is 1.92. The second-order valence-electron chi connectivity index (χ2n) is 1.45. The number of hydrogen-bond acceptors (Lipinski definition) is 2. The van der Waals surface area contributed by atoms with Gasteiger partial charge in [-0.3, -0.25) is 0 Å². The van der Waals surface area contributed by atoms with E-state index in [1.165, 1.54) is 5.31 Å².